The normalized spacial score (nSPS) is 33.4. The van der Waals surface area contributed by atoms with Crippen LogP contribution in [0.15, 0.2) is 0 Å². The van der Waals surface area contributed by atoms with Crippen molar-refractivity contribution in [1.29, 1.82) is 0 Å². The van der Waals surface area contributed by atoms with Gasteiger partial charge in [-0.05, 0) is 44.6 Å². The van der Waals surface area contributed by atoms with Crippen LogP contribution in [0.5, 0.6) is 0 Å². The summed E-state index contributed by atoms with van der Waals surface area (Å²) in [7, 11) is 1.84. The summed E-state index contributed by atoms with van der Waals surface area (Å²) in [5.74, 6) is 0.959. The van der Waals surface area contributed by atoms with Gasteiger partial charge in [-0.1, -0.05) is 19.3 Å². The largest absolute Gasteiger partial charge is 0.381 e. The molecule has 0 aromatic carbocycles. The van der Waals surface area contributed by atoms with Gasteiger partial charge in [0.15, 0.2) is 0 Å². The van der Waals surface area contributed by atoms with Crippen LogP contribution in [0.2, 0.25) is 0 Å². The molecule has 88 valence electrons. The molecule has 2 atom stereocenters. The molecule has 0 amide bonds. The van der Waals surface area contributed by atoms with Gasteiger partial charge in [-0.25, -0.2) is 0 Å². The zero-order chi connectivity index (χ0) is 10.5. The van der Waals surface area contributed by atoms with Crippen molar-refractivity contribution in [3.8, 4) is 0 Å². The van der Waals surface area contributed by atoms with Crippen LogP contribution in [0.25, 0.3) is 0 Å². The van der Waals surface area contributed by atoms with Gasteiger partial charge < -0.3 is 10.1 Å². The Hall–Kier alpha value is -0.0800. The van der Waals surface area contributed by atoms with E-state index in [-0.39, 0.29) is 0 Å². The number of hydrogen-bond acceptors (Lipinski definition) is 2. The van der Waals surface area contributed by atoms with Gasteiger partial charge in [0, 0.05) is 13.2 Å². The van der Waals surface area contributed by atoms with Gasteiger partial charge in [-0.3, -0.25) is 0 Å². The van der Waals surface area contributed by atoms with E-state index in [1.165, 1.54) is 57.9 Å². The molecule has 0 aliphatic heterocycles. The Balaban J connectivity index is 1.61. The van der Waals surface area contributed by atoms with Crippen molar-refractivity contribution in [1.82, 2.24) is 5.32 Å². The van der Waals surface area contributed by atoms with Crippen LogP contribution in [0, 0.1) is 5.92 Å². The van der Waals surface area contributed by atoms with Crippen LogP contribution >= 0.6 is 0 Å². The Morgan fingerprint density at radius 3 is 2.53 bits per heavy atom. The molecule has 2 saturated carbocycles. The van der Waals surface area contributed by atoms with E-state index < -0.39 is 0 Å². The highest BCUT2D eigenvalue weighted by molar-refractivity contribution is 4.82. The van der Waals surface area contributed by atoms with Crippen LogP contribution in [0.1, 0.15) is 51.4 Å². The third kappa shape index (κ3) is 3.46. The summed E-state index contributed by atoms with van der Waals surface area (Å²) >= 11 is 0. The number of methoxy groups -OCH3 is 1. The lowest BCUT2D eigenvalue weighted by Crippen LogP contribution is -2.32. The second-order valence-electron chi connectivity index (χ2n) is 5.28. The standard InChI is InChI=1S/C13H25NO/c1-15-13-8-7-12(9-13)14-10-11-5-3-2-4-6-11/h11-14H,2-10H2,1H3. The average Bonchev–Trinajstić information content (AvgIpc) is 2.76. The molecule has 1 N–H and O–H groups in total. The maximum absolute atomic E-state index is 5.39. The fourth-order valence-electron chi connectivity index (χ4n) is 3.06. The molecular weight excluding hydrogens is 186 g/mol. The highest BCUT2D eigenvalue weighted by Crippen LogP contribution is 2.25. The van der Waals surface area contributed by atoms with Crippen LogP contribution < -0.4 is 5.32 Å². The van der Waals surface area contributed by atoms with Crippen molar-refractivity contribution < 1.29 is 4.74 Å². The molecule has 0 radical (unpaired) electrons. The average molecular weight is 211 g/mol. The molecule has 0 heterocycles. The monoisotopic (exact) mass is 211 g/mol. The summed E-state index contributed by atoms with van der Waals surface area (Å²) < 4.78 is 5.39. The third-order valence-electron chi connectivity index (χ3n) is 4.14. The first kappa shape index (κ1) is 11.4. The van der Waals surface area contributed by atoms with Gasteiger partial charge >= 0.3 is 0 Å². The van der Waals surface area contributed by atoms with Gasteiger partial charge in [0.05, 0.1) is 6.10 Å². The molecule has 2 rings (SSSR count). The molecule has 2 aliphatic carbocycles. The summed E-state index contributed by atoms with van der Waals surface area (Å²) in [6, 6.07) is 0.733. The highest BCUT2D eigenvalue weighted by atomic mass is 16.5. The van der Waals surface area contributed by atoms with E-state index in [0.717, 1.165) is 12.0 Å². The summed E-state index contributed by atoms with van der Waals surface area (Å²) in [5.41, 5.74) is 0. The molecule has 0 bridgehead atoms. The Morgan fingerprint density at radius 1 is 1.07 bits per heavy atom. The minimum absolute atomic E-state index is 0.522. The molecule has 0 aromatic rings. The summed E-state index contributed by atoms with van der Waals surface area (Å²) in [6.45, 7) is 1.25. The van der Waals surface area contributed by atoms with Gasteiger partial charge in [-0.2, -0.15) is 0 Å². The smallest absolute Gasteiger partial charge is 0.0586 e. The number of hydrogen-bond donors (Lipinski definition) is 1. The first-order chi connectivity index (χ1) is 7.38. The maximum atomic E-state index is 5.39. The zero-order valence-corrected chi connectivity index (χ0v) is 10.0. The Bertz CT molecular complexity index is 177. The van der Waals surface area contributed by atoms with Crippen LogP contribution in [-0.4, -0.2) is 25.8 Å². The number of ether oxygens (including phenoxy) is 1. The van der Waals surface area contributed by atoms with Crippen molar-refractivity contribution in [3.63, 3.8) is 0 Å². The maximum Gasteiger partial charge on any atom is 0.0586 e. The second kappa shape index (κ2) is 5.86. The van der Waals surface area contributed by atoms with Crippen molar-refractivity contribution in [2.75, 3.05) is 13.7 Å². The Labute approximate surface area is 93.8 Å². The minimum Gasteiger partial charge on any atom is -0.381 e. The lowest BCUT2D eigenvalue weighted by Gasteiger charge is -2.23. The molecule has 2 aliphatic rings. The van der Waals surface area contributed by atoms with Crippen molar-refractivity contribution >= 4 is 0 Å². The van der Waals surface area contributed by atoms with Gasteiger partial charge in [0.25, 0.3) is 0 Å². The predicted molar refractivity (Wildman–Crippen MR) is 63.0 cm³/mol. The first-order valence-electron chi connectivity index (χ1n) is 6.64. The van der Waals surface area contributed by atoms with Crippen LogP contribution in [0.4, 0.5) is 0 Å². The van der Waals surface area contributed by atoms with E-state index in [1.807, 2.05) is 7.11 Å². The van der Waals surface area contributed by atoms with E-state index in [1.54, 1.807) is 0 Å². The van der Waals surface area contributed by atoms with E-state index in [4.69, 9.17) is 4.74 Å². The Kier molecular flexibility index (Phi) is 4.45. The molecule has 2 heteroatoms. The lowest BCUT2D eigenvalue weighted by atomic mass is 9.89. The van der Waals surface area contributed by atoms with E-state index in [2.05, 4.69) is 5.32 Å². The molecule has 0 aromatic heterocycles. The molecule has 15 heavy (non-hydrogen) atoms. The van der Waals surface area contributed by atoms with Gasteiger partial charge in [-0.15, -0.1) is 0 Å². The molecule has 2 fully saturated rings. The zero-order valence-electron chi connectivity index (χ0n) is 10.0. The molecule has 0 saturated heterocycles. The topological polar surface area (TPSA) is 21.3 Å². The highest BCUT2D eigenvalue weighted by Gasteiger charge is 2.24. The number of nitrogens with one attached hydrogen (secondary N) is 1. The van der Waals surface area contributed by atoms with E-state index >= 15 is 0 Å². The second-order valence-corrected chi connectivity index (χ2v) is 5.28. The summed E-state index contributed by atoms with van der Waals surface area (Å²) in [5, 5.41) is 3.74. The molecule has 2 unspecified atom stereocenters. The molecule has 2 nitrogen and oxygen atoms in total. The predicted octanol–water partition coefficient (Wildman–Crippen LogP) is 2.72. The first-order valence-corrected chi connectivity index (χ1v) is 6.64. The van der Waals surface area contributed by atoms with Gasteiger partial charge in [0.1, 0.15) is 0 Å². The van der Waals surface area contributed by atoms with Crippen molar-refractivity contribution in [3.05, 3.63) is 0 Å². The minimum atomic E-state index is 0.522. The quantitative estimate of drug-likeness (QED) is 0.772. The molecule has 0 spiro atoms. The summed E-state index contributed by atoms with van der Waals surface area (Å²) in [4.78, 5) is 0. The van der Waals surface area contributed by atoms with Crippen LogP contribution in [0.3, 0.4) is 0 Å². The number of rotatable bonds is 4. The fourth-order valence-corrected chi connectivity index (χ4v) is 3.06. The van der Waals surface area contributed by atoms with Crippen LogP contribution in [-0.2, 0) is 4.74 Å². The SMILES string of the molecule is COC1CCC(NCC2CCCCC2)C1. The lowest BCUT2D eigenvalue weighted by molar-refractivity contribution is 0.106. The Morgan fingerprint density at radius 2 is 1.87 bits per heavy atom. The van der Waals surface area contributed by atoms with Crippen molar-refractivity contribution in [2.45, 2.75) is 63.5 Å². The van der Waals surface area contributed by atoms with Gasteiger partial charge in [0.2, 0.25) is 0 Å². The van der Waals surface area contributed by atoms with E-state index in [0.29, 0.717) is 6.10 Å². The summed E-state index contributed by atoms with van der Waals surface area (Å²) in [6.07, 6.45) is 11.6. The fraction of sp³-hybridized carbons (Fsp3) is 1.00. The van der Waals surface area contributed by atoms with E-state index in [9.17, 15) is 0 Å². The van der Waals surface area contributed by atoms with Crippen molar-refractivity contribution in [2.24, 2.45) is 5.92 Å². The molecular formula is C13H25NO. The third-order valence-corrected chi connectivity index (χ3v) is 4.14.